The van der Waals surface area contributed by atoms with Crippen molar-refractivity contribution in [3.8, 4) is 0 Å². The van der Waals surface area contributed by atoms with E-state index >= 15 is 0 Å². The molecule has 0 amide bonds. The Balaban J connectivity index is 2.73. The molecule has 0 bridgehead atoms. The van der Waals surface area contributed by atoms with E-state index in [0.29, 0.717) is 13.2 Å². The molecule has 17 heavy (non-hydrogen) atoms. The summed E-state index contributed by atoms with van der Waals surface area (Å²) in [7, 11) is 0. The molecule has 1 aromatic carbocycles. The van der Waals surface area contributed by atoms with Crippen LogP contribution in [0, 0.1) is 0 Å². The van der Waals surface area contributed by atoms with Gasteiger partial charge in [-0.15, -0.1) is 0 Å². The van der Waals surface area contributed by atoms with Gasteiger partial charge in [0.2, 0.25) is 6.29 Å². The lowest BCUT2D eigenvalue weighted by molar-refractivity contribution is -0.169. The molecule has 0 saturated carbocycles. The molecule has 1 rings (SSSR count). The summed E-state index contributed by atoms with van der Waals surface area (Å²) < 4.78 is 10.6. The SMILES string of the molecule is CCOC(OCC)C(=O)C(C)c1ccccc1. The lowest BCUT2D eigenvalue weighted by atomic mass is 9.96. The van der Waals surface area contributed by atoms with Gasteiger partial charge < -0.3 is 9.47 Å². The number of carbonyl (C=O) groups excluding carboxylic acids is 1. The summed E-state index contributed by atoms with van der Waals surface area (Å²) in [4.78, 5) is 12.2. The Bertz CT molecular complexity index is 329. The van der Waals surface area contributed by atoms with Crippen LogP contribution in [-0.2, 0) is 14.3 Å². The van der Waals surface area contributed by atoms with Crippen molar-refractivity contribution in [1.82, 2.24) is 0 Å². The van der Waals surface area contributed by atoms with Crippen molar-refractivity contribution in [2.24, 2.45) is 0 Å². The first-order valence-corrected chi connectivity index (χ1v) is 6.02. The summed E-state index contributed by atoms with van der Waals surface area (Å²) in [6.07, 6.45) is -0.750. The highest BCUT2D eigenvalue weighted by Crippen LogP contribution is 2.18. The Labute approximate surface area is 103 Å². The van der Waals surface area contributed by atoms with Gasteiger partial charge in [0, 0.05) is 19.1 Å². The number of benzene rings is 1. The van der Waals surface area contributed by atoms with E-state index in [9.17, 15) is 4.79 Å². The van der Waals surface area contributed by atoms with Crippen molar-refractivity contribution in [2.75, 3.05) is 13.2 Å². The Hall–Kier alpha value is -1.19. The minimum atomic E-state index is -0.750. The second-order valence-electron chi connectivity index (χ2n) is 3.78. The largest absolute Gasteiger partial charge is 0.346 e. The maximum atomic E-state index is 12.2. The van der Waals surface area contributed by atoms with E-state index < -0.39 is 6.29 Å². The highest BCUT2D eigenvalue weighted by atomic mass is 16.7. The number of hydrogen-bond donors (Lipinski definition) is 0. The van der Waals surface area contributed by atoms with E-state index in [2.05, 4.69) is 0 Å². The van der Waals surface area contributed by atoms with Gasteiger partial charge in [-0.3, -0.25) is 4.79 Å². The molecule has 0 N–H and O–H groups in total. The first kappa shape index (κ1) is 13.9. The van der Waals surface area contributed by atoms with Gasteiger partial charge in [-0.2, -0.15) is 0 Å². The maximum absolute atomic E-state index is 12.2. The summed E-state index contributed by atoms with van der Waals surface area (Å²) in [5.74, 6) is -0.237. The smallest absolute Gasteiger partial charge is 0.218 e. The standard InChI is InChI=1S/C14H20O3/c1-4-16-14(17-5-2)13(15)11(3)12-9-7-6-8-10-12/h6-11,14H,4-5H2,1-3H3. The molecule has 0 aliphatic heterocycles. The first-order valence-electron chi connectivity index (χ1n) is 6.02. The second-order valence-corrected chi connectivity index (χ2v) is 3.78. The van der Waals surface area contributed by atoms with Crippen molar-refractivity contribution < 1.29 is 14.3 Å². The van der Waals surface area contributed by atoms with Crippen molar-refractivity contribution >= 4 is 5.78 Å². The second kappa shape index (κ2) is 7.20. The highest BCUT2D eigenvalue weighted by molar-refractivity contribution is 5.88. The van der Waals surface area contributed by atoms with E-state index in [1.807, 2.05) is 51.1 Å². The monoisotopic (exact) mass is 236 g/mol. The van der Waals surface area contributed by atoms with Crippen LogP contribution in [-0.4, -0.2) is 25.3 Å². The molecular weight excluding hydrogens is 216 g/mol. The number of ether oxygens (including phenoxy) is 2. The van der Waals surface area contributed by atoms with Gasteiger partial charge in [-0.1, -0.05) is 37.3 Å². The molecule has 0 aliphatic carbocycles. The van der Waals surface area contributed by atoms with Crippen LogP contribution in [0.1, 0.15) is 32.3 Å². The fourth-order valence-corrected chi connectivity index (χ4v) is 1.63. The van der Waals surface area contributed by atoms with Crippen LogP contribution in [0.3, 0.4) is 0 Å². The quantitative estimate of drug-likeness (QED) is 0.683. The van der Waals surface area contributed by atoms with Gasteiger partial charge in [0.25, 0.3) is 0 Å². The van der Waals surface area contributed by atoms with Gasteiger partial charge >= 0.3 is 0 Å². The van der Waals surface area contributed by atoms with Gasteiger partial charge in [0.15, 0.2) is 5.78 Å². The summed E-state index contributed by atoms with van der Waals surface area (Å²) in [5.41, 5.74) is 0.988. The predicted octanol–water partition coefficient (Wildman–Crippen LogP) is 2.76. The molecule has 1 aromatic rings. The lowest BCUT2D eigenvalue weighted by Crippen LogP contribution is -2.31. The summed E-state index contributed by atoms with van der Waals surface area (Å²) in [6.45, 7) is 6.53. The Morgan fingerprint density at radius 2 is 1.65 bits per heavy atom. The highest BCUT2D eigenvalue weighted by Gasteiger charge is 2.25. The lowest BCUT2D eigenvalue weighted by Gasteiger charge is -2.19. The predicted molar refractivity (Wildman–Crippen MR) is 66.9 cm³/mol. The zero-order chi connectivity index (χ0) is 12.7. The van der Waals surface area contributed by atoms with Crippen LogP contribution in [0.25, 0.3) is 0 Å². The molecule has 0 heterocycles. The number of Topliss-reactive ketones (excluding diaryl/α,β-unsaturated/α-hetero) is 1. The normalized spacial score (nSPS) is 12.7. The van der Waals surface area contributed by atoms with Crippen LogP contribution in [0.4, 0.5) is 0 Å². The third-order valence-electron chi connectivity index (χ3n) is 2.59. The summed E-state index contributed by atoms with van der Waals surface area (Å²) >= 11 is 0. The Kier molecular flexibility index (Phi) is 5.87. The fraction of sp³-hybridized carbons (Fsp3) is 0.500. The van der Waals surface area contributed by atoms with E-state index in [4.69, 9.17) is 9.47 Å². The molecular formula is C14H20O3. The zero-order valence-electron chi connectivity index (χ0n) is 10.7. The average molecular weight is 236 g/mol. The van der Waals surface area contributed by atoms with Gasteiger partial charge in [0.05, 0.1) is 0 Å². The topological polar surface area (TPSA) is 35.5 Å². The third kappa shape index (κ3) is 3.95. The van der Waals surface area contributed by atoms with Gasteiger partial charge in [-0.05, 0) is 19.4 Å². The number of hydrogen-bond acceptors (Lipinski definition) is 3. The molecule has 0 radical (unpaired) electrons. The maximum Gasteiger partial charge on any atom is 0.218 e. The molecule has 0 fully saturated rings. The molecule has 1 atom stereocenters. The average Bonchev–Trinajstić information content (AvgIpc) is 2.38. The first-order chi connectivity index (χ1) is 8.20. The van der Waals surface area contributed by atoms with Crippen LogP contribution >= 0.6 is 0 Å². The molecule has 0 aromatic heterocycles. The summed E-state index contributed by atoms with van der Waals surface area (Å²) in [5, 5.41) is 0. The molecule has 0 spiro atoms. The summed E-state index contributed by atoms with van der Waals surface area (Å²) in [6, 6.07) is 9.67. The minimum Gasteiger partial charge on any atom is -0.346 e. The van der Waals surface area contributed by atoms with Crippen molar-refractivity contribution in [3.05, 3.63) is 35.9 Å². The van der Waals surface area contributed by atoms with Crippen LogP contribution < -0.4 is 0 Å². The van der Waals surface area contributed by atoms with Crippen molar-refractivity contribution in [1.29, 1.82) is 0 Å². The van der Waals surface area contributed by atoms with Crippen LogP contribution in [0.15, 0.2) is 30.3 Å². The van der Waals surface area contributed by atoms with Gasteiger partial charge in [0.1, 0.15) is 0 Å². The number of carbonyl (C=O) groups is 1. The van der Waals surface area contributed by atoms with Gasteiger partial charge in [-0.25, -0.2) is 0 Å². The molecule has 1 unspecified atom stereocenters. The van der Waals surface area contributed by atoms with E-state index in [-0.39, 0.29) is 11.7 Å². The third-order valence-corrected chi connectivity index (χ3v) is 2.59. The zero-order valence-corrected chi connectivity index (χ0v) is 10.7. The number of ketones is 1. The molecule has 3 nitrogen and oxygen atoms in total. The molecule has 3 heteroatoms. The Morgan fingerprint density at radius 3 is 2.12 bits per heavy atom. The Morgan fingerprint density at radius 1 is 1.12 bits per heavy atom. The fourth-order valence-electron chi connectivity index (χ4n) is 1.63. The molecule has 0 aliphatic rings. The van der Waals surface area contributed by atoms with Crippen LogP contribution in [0.2, 0.25) is 0 Å². The minimum absolute atomic E-state index is 0.0279. The van der Waals surface area contributed by atoms with Crippen LogP contribution in [0.5, 0.6) is 0 Å². The van der Waals surface area contributed by atoms with Crippen molar-refractivity contribution in [2.45, 2.75) is 33.0 Å². The van der Waals surface area contributed by atoms with Crippen molar-refractivity contribution in [3.63, 3.8) is 0 Å². The molecule has 0 saturated heterocycles. The van der Waals surface area contributed by atoms with E-state index in [0.717, 1.165) is 5.56 Å². The van der Waals surface area contributed by atoms with E-state index in [1.165, 1.54) is 0 Å². The van der Waals surface area contributed by atoms with E-state index in [1.54, 1.807) is 0 Å². The molecule has 94 valence electrons. The number of rotatable bonds is 7.